The standard InChI is InChI=1S/C4H7NO2/c1-4(2,7)5-3-6/h7H,1-2H3. The van der Waals surface area contributed by atoms with Crippen molar-refractivity contribution < 1.29 is 9.90 Å². The predicted molar refractivity (Wildman–Crippen MR) is 24.4 cm³/mol. The molecule has 0 fully saturated rings. The number of rotatable bonds is 1. The molecule has 0 radical (unpaired) electrons. The van der Waals surface area contributed by atoms with E-state index < -0.39 is 5.72 Å². The summed E-state index contributed by atoms with van der Waals surface area (Å²) >= 11 is 0. The van der Waals surface area contributed by atoms with E-state index >= 15 is 0 Å². The fraction of sp³-hybridized carbons (Fsp3) is 0.750. The Bertz CT molecular complexity index is 96.7. The molecule has 40 valence electrons. The molecule has 0 heterocycles. The van der Waals surface area contributed by atoms with Crippen LogP contribution in [0.4, 0.5) is 0 Å². The van der Waals surface area contributed by atoms with Crippen molar-refractivity contribution in [2.75, 3.05) is 0 Å². The van der Waals surface area contributed by atoms with Crippen molar-refractivity contribution in [1.29, 1.82) is 0 Å². The van der Waals surface area contributed by atoms with Crippen LogP contribution in [0.1, 0.15) is 13.8 Å². The molecule has 7 heavy (non-hydrogen) atoms. The lowest BCUT2D eigenvalue weighted by Gasteiger charge is -2.04. The Morgan fingerprint density at radius 1 is 1.71 bits per heavy atom. The van der Waals surface area contributed by atoms with Gasteiger partial charge >= 0.3 is 0 Å². The van der Waals surface area contributed by atoms with Gasteiger partial charge in [0.15, 0.2) is 5.72 Å². The number of hydrogen-bond acceptors (Lipinski definition) is 3. The Balaban J connectivity index is 3.80. The summed E-state index contributed by atoms with van der Waals surface area (Å²) in [5.74, 6) is 0. The summed E-state index contributed by atoms with van der Waals surface area (Å²) in [6.07, 6.45) is 1.23. The minimum Gasteiger partial charge on any atom is -0.369 e. The van der Waals surface area contributed by atoms with Crippen LogP contribution in [0.3, 0.4) is 0 Å². The summed E-state index contributed by atoms with van der Waals surface area (Å²) < 4.78 is 0. The molecule has 0 bridgehead atoms. The average molecular weight is 101 g/mol. The van der Waals surface area contributed by atoms with Gasteiger partial charge in [0.05, 0.1) is 0 Å². The molecule has 0 saturated heterocycles. The molecule has 0 aliphatic heterocycles. The number of isocyanates is 1. The van der Waals surface area contributed by atoms with Crippen LogP contribution in [0.2, 0.25) is 0 Å². The second-order valence-electron chi connectivity index (χ2n) is 1.70. The van der Waals surface area contributed by atoms with Crippen molar-refractivity contribution in [2.24, 2.45) is 4.99 Å². The van der Waals surface area contributed by atoms with Crippen molar-refractivity contribution in [1.82, 2.24) is 0 Å². The molecule has 0 amide bonds. The SMILES string of the molecule is CC(C)(O)N=C=O. The van der Waals surface area contributed by atoms with Gasteiger partial charge in [0.1, 0.15) is 0 Å². The second kappa shape index (κ2) is 1.87. The molecule has 3 nitrogen and oxygen atoms in total. The van der Waals surface area contributed by atoms with E-state index in [1.54, 1.807) is 0 Å². The Morgan fingerprint density at radius 2 is 2.14 bits per heavy atom. The maximum absolute atomic E-state index is 9.37. The first-order valence-electron chi connectivity index (χ1n) is 1.87. The van der Waals surface area contributed by atoms with E-state index in [2.05, 4.69) is 4.99 Å². The molecule has 0 saturated carbocycles. The molecule has 0 aromatic heterocycles. The van der Waals surface area contributed by atoms with E-state index in [4.69, 9.17) is 5.11 Å². The number of hydrogen-bond donors (Lipinski definition) is 1. The molecule has 0 unspecified atom stereocenters. The van der Waals surface area contributed by atoms with Crippen LogP contribution >= 0.6 is 0 Å². The summed E-state index contributed by atoms with van der Waals surface area (Å²) in [4.78, 5) is 12.4. The van der Waals surface area contributed by atoms with Gasteiger partial charge in [-0.25, -0.2) is 4.79 Å². The molecule has 0 rings (SSSR count). The molecule has 0 spiro atoms. The smallest absolute Gasteiger partial charge is 0.237 e. The van der Waals surface area contributed by atoms with Gasteiger partial charge in [-0.3, -0.25) is 0 Å². The maximum Gasteiger partial charge on any atom is 0.237 e. The van der Waals surface area contributed by atoms with Crippen molar-refractivity contribution in [3.63, 3.8) is 0 Å². The first kappa shape index (κ1) is 6.34. The molecule has 0 aliphatic carbocycles. The summed E-state index contributed by atoms with van der Waals surface area (Å²) in [7, 11) is 0. The van der Waals surface area contributed by atoms with Gasteiger partial charge in [-0.1, -0.05) is 0 Å². The predicted octanol–water partition coefficient (Wildman–Crippen LogP) is 0.0506. The van der Waals surface area contributed by atoms with Gasteiger partial charge in [-0.15, -0.1) is 0 Å². The monoisotopic (exact) mass is 101 g/mol. The van der Waals surface area contributed by atoms with E-state index in [0.29, 0.717) is 0 Å². The fourth-order valence-electron chi connectivity index (χ4n) is 0.112. The Labute approximate surface area is 41.7 Å². The lowest BCUT2D eigenvalue weighted by atomic mass is 10.3. The second-order valence-corrected chi connectivity index (χ2v) is 1.70. The molecule has 3 heteroatoms. The van der Waals surface area contributed by atoms with Crippen molar-refractivity contribution in [3.8, 4) is 0 Å². The van der Waals surface area contributed by atoms with E-state index in [-0.39, 0.29) is 0 Å². The van der Waals surface area contributed by atoms with Gasteiger partial charge in [-0.05, 0) is 13.8 Å². The summed E-state index contributed by atoms with van der Waals surface area (Å²) in [6, 6.07) is 0. The Kier molecular flexibility index (Phi) is 1.69. The highest BCUT2D eigenvalue weighted by atomic mass is 16.3. The number of carbonyl (C=O) groups excluding carboxylic acids is 1. The zero-order valence-electron chi connectivity index (χ0n) is 4.30. The Morgan fingerprint density at radius 3 is 2.14 bits per heavy atom. The zero-order valence-corrected chi connectivity index (χ0v) is 4.30. The van der Waals surface area contributed by atoms with Gasteiger partial charge in [0.2, 0.25) is 6.08 Å². The lowest BCUT2D eigenvalue weighted by Crippen LogP contribution is -2.13. The van der Waals surface area contributed by atoms with E-state index in [1.165, 1.54) is 19.9 Å². The van der Waals surface area contributed by atoms with Crippen LogP contribution in [-0.2, 0) is 4.79 Å². The summed E-state index contributed by atoms with van der Waals surface area (Å²) in [5.41, 5.74) is -1.25. The number of nitrogens with zero attached hydrogens (tertiary/aromatic N) is 1. The number of aliphatic hydroxyl groups is 1. The lowest BCUT2D eigenvalue weighted by molar-refractivity contribution is 0.0908. The fourth-order valence-corrected chi connectivity index (χ4v) is 0.112. The summed E-state index contributed by atoms with van der Waals surface area (Å²) in [5, 5.41) is 8.59. The quantitative estimate of drug-likeness (QED) is 0.375. The highest BCUT2D eigenvalue weighted by Crippen LogP contribution is 1.98. The van der Waals surface area contributed by atoms with Gasteiger partial charge in [0.25, 0.3) is 0 Å². The molecule has 1 N–H and O–H groups in total. The van der Waals surface area contributed by atoms with Gasteiger partial charge in [0, 0.05) is 0 Å². The highest BCUT2D eigenvalue weighted by Gasteiger charge is 2.06. The molecule has 0 aliphatic rings. The van der Waals surface area contributed by atoms with Crippen molar-refractivity contribution >= 4 is 6.08 Å². The molecular formula is C4H7NO2. The minimum atomic E-state index is -1.25. The van der Waals surface area contributed by atoms with Gasteiger partial charge < -0.3 is 5.11 Å². The minimum absolute atomic E-state index is 1.23. The zero-order chi connectivity index (χ0) is 5.91. The van der Waals surface area contributed by atoms with E-state index in [9.17, 15) is 4.79 Å². The van der Waals surface area contributed by atoms with E-state index in [1.807, 2.05) is 0 Å². The van der Waals surface area contributed by atoms with Crippen molar-refractivity contribution in [2.45, 2.75) is 19.6 Å². The third-order valence-electron chi connectivity index (χ3n) is 0.319. The van der Waals surface area contributed by atoms with Crippen molar-refractivity contribution in [3.05, 3.63) is 0 Å². The first-order chi connectivity index (χ1) is 3.06. The third-order valence-corrected chi connectivity index (χ3v) is 0.319. The number of aliphatic imine (C=N–C) groups is 1. The molecule has 0 aromatic rings. The molecular weight excluding hydrogens is 94.0 g/mol. The van der Waals surface area contributed by atoms with Gasteiger partial charge in [-0.2, -0.15) is 4.99 Å². The molecule has 0 aromatic carbocycles. The highest BCUT2D eigenvalue weighted by molar-refractivity contribution is 5.33. The van der Waals surface area contributed by atoms with E-state index in [0.717, 1.165) is 0 Å². The third kappa shape index (κ3) is 5.34. The molecule has 0 atom stereocenters. The Hall–Kier alpha value is -0.660. The normalized spacial score (nSPS) is 10.1. The van der Waals surface area contributed by atoms with Crippen LogP contribution in [-0.4, -0.2) is 16.9 Å². The average Bonchev–Trinajstić information content (AvgIpc) is 1.30. The van der Waals surface area contributed by atoms with Crippen LogP contribution in [0.5, 0.6) is 0 Å². The largest absolute Gasteiger partial charge is 0.369 e. The van der Waals surface area contributed by atoms with Crippen LogP contribution in [0.15, 0.2) is 4.99 Å². The summed E-state index contributed by atoms with van der Waals surface area (Å²) in [6.45, 7) is 2.80. The first-order valence-corrected chi connectivity index (χ1v) is 1.87. The maximum atomic E-state index is 9.37. The van der Waals surface area contributed by atoms with Crippen LogP contribution in [0.25, 0.3) is 0 Å². The van der Waals surface area contributed by atoms with Crippen LogP contribution in [0, 0.1) is 0 Å². The topological polar surface area (TPSA) is 49.7 Å². The van der Waals surface area contributed by atoms with Crippen LogP contribution < -0.4 is 0 Å².